The van der Waals surface area contributed by atoms with E-state index in [1.807, 2.05) is 6.92 Å². The molecule has 0 aromatic carbocycles. The summed E-state index contributed by atoms with van der Waals surface area (Å²) in [5.41, 5.74) is 0. The van der Waals surface area contributed by atoms with E-state index in [0.29, 0.717) is 19.8 Å². The van der Waals surface area contributed by atoms with Gasteiger partial charge in [0.2, 0.25) is 0 Å². The lowest BCUT2D eigenvalue weighted by molar-refractivity contribution is -0.912. The molecule has 0 radical (unpaired) electrons. The molecule has 0 bridgehead atoms. The fraction of sp³-hybridized carbons (Fsp3) is 0.933. The Hall–Kier alpha value is -0.650. The lowest BCUT2D eigenvalue weighted by Crippen LogP contribution is -2.47. The maximum absolute atomic E-state index is 9.87. The highest BCUT2D eigenvalue weighted by atomic mass is 16.5. The highest BCUT2D eigenvalue weighted by Gasteiger charge is 2.21. The van der Waals surface area contributed by atoms with E-state index >= 15 is 0 Å². The molecule has 0 aromatic rings. The molecule has 1 aliphatic heterocycles. The molecule has 1 heterocycles. The van der Waals surface area contributed by atoms with Gasteiger partial charge in [0.25, 0.3) is 0 Å². The van der Waals surface area contributed by atoms with Crippen LogP contribution in [0, 0.1) is 0 Å². The van der Waals surface area contributed by atoms with Crippen LogP contribution in [-0.4, -0.2) is 63.6 Å². The predicted molar refractivity (Wildman–Crippen MR) is 77.2 cm³/mol. The van der Waals surface area contributed by atoms with Crippen molar-refractivity contribution >= 4 is 5.97 Å². The third-order valence-corrected chi connectivity index (χ3v) is 3.69. The molecule has 20 heavy (non-hydrogen) atoms. The van der Waals surface area contributed by atoms with Crippen LogP contribution in [0.5, 0.6) is 0 Å². The summed E-state index contributed by atoms with van der Waals surface area (Å²) in [5.74, 6) is -1.08. The fourth-order valence-electron chi connectivity index (χ4n) is 2.11. The number of aliphatic carboxylic acids is 1. The monoisotopic (exact) mass is 289 g/mol. The number of likely N-dealkylation sites (tertiary alicyclic amines) is 1. The Kier molecular flexibility index (Phi) is 11.7. The Morgan fingerprint density at radius 1 is 1.05 bits per heavy atom. The van der Waals surface area contributed by atoms with Gasteiger partial charge in [-0.2, -0.15) is 0 Å². The van der Waals surface area contributed by atoms with Gasteiger partial charge in [-0.05, 0) is 33.1 Å². The van der Waals surface area contributed by atoms with Crippen LogP contribution in [0.25, 0.3) is 0 Å². The van der Waals surface area contributed by atoms with Gasteiger partial charge in [-0.1, -0.05) is 0 Å². The molecular weight excluding hydrogens is 258 g/mol. The van der Waals surface area contributed by atoms with E-state index in [1.165, 1.54) is 43.4 Å². The van der Waals surface area contributed by atoms with Crippen molar-refractivity contribution in [1.29, 1.82) is 0 Å². The smallest absolute Gasteiger partial charge is 0.0784 e. The lowest BCUT2D eigenvalue weighted by Gasteiger charge is -2.36. The Labute approximate surface area is 123 Å². The minimum absolute atomic E-state index is 0.0495. The molecule has 0 unspecified atom stereocenters. The third-order valence-electron chi connectivity index (χ3n) is 3.69. The summed E-state index contributed by atoms with van der Waals surface area (Å²) in [6.45, 7) is 10.2. The van der Waals surface area contributed by atoms with Crippen LogP contribution in [0.2, 0.25) is 0 Å². The Morgan fingerprint density at radius 3 is 2.10 bits per heavy atom. The first kappa shape index (κ1) is 19.4. The first-order chi connectivity index (χ1) is 9.54. The van der Waals surface area contributed by atoms with E-state index in [0.717, 1.165) is 0 Å². The molecule has 5 heteroatoms. The Balaban J connectivity index is 0.000000367. The molecule has 0 N–H and O–H groups in total. The van der Waals surface area contributed by atoms with E-state index < -0.39 is 5.97 Å². The summed E-state index contributed by atoms with van der Waals surface area (Å²) in [4.78, 5) is 9.87. The highest BCUT2D eigenvalue weighted by molar-refractivity contribution is 5.64. The lowest BCUT2D eigenvalue weighted by atomic mass is 10.1. The molecule has 0 amide bonds. The first-order valence-electron chi connectivity index (χ1n) is 7.73. The molecule has 1 aliphatic rings. The van der Waals surface area contributed by atoms with Crippen LogP contribution < -0.4 is 5.11 Å². The van der Waals surface area contributed by atoms with Crippen LogP contribution in [0.4, 0.5) is 0 Å². The quantitative estimate of drug-likeness (QED) is 0.490. The zero-order valence-corrected chi connectivity index (χ0v) is 13.4. The second-order valence-electron chi connectivity index (χ2n) is 5.37. The van der Waals surface area contributed by atoms with Gasteiger partial charge in [0.15, 0.2) is 0 Å². The van der Waals surface area contributed by atoms with Gasteiger partial charge in [0.05, 0.1) is 46.5 Å². The average Bonchev–Trinajstić information content (AvgIpc) is 2.44. The number of rotatable bonds is 8. The number of carboxylic acids is 1. The van der Waals surface area contributed by atoms with E-state index in [2.05, 4.69) is 14.0 Å². The summed E-state index contributed by atoms with van der Waals surface area (Å²) in [7, 11) is 2.37. The first-order valence-corrected chi connectivity index (χ1v) is 7.73. The van der Waals surface area contributed by atoms with Gasteiger partial charge in [-0.3, -0.25) is 0 Å². The number of carbonyl (C=O) groups is 1. The number of hydrogen-bond donors (Lipinski definition) is 0. The SMILES string of the molecule is CCOCCOCCC(=O)[O-].CC[N+]1(C)CCCCC1. The maximum atomic E-state index is 9.87. The molecule has 5 nitrogen and oxygen atoms in total. The molecule has 1 saturated heterocycles. The van der Waals surface area contributed by atoms with Crippen molar-refractivity contribution in [3.05, 3.63) is 0 Å². The van der Waals surface area contributed by atoms with Crippen molar-refractivity contribution in [2.24, 2.45) is 0 Å². The van der Waals surface area contributed by atoms with Crippen LogP contribution in [0.1, 0.15) is 39.5 Å². The van der Waals surface area contributed by atoms with Crippen LogP contribution in [0.3, 0.4) is 0 Å². The summed E-state index contributed by atoms with van der Waals surface area (Å²) < 4.78 is 11.2. The Bertz CT molecular complexity index is 240. The predicted octanol–water partition coefficient (Wildman–Crippen LogP) is 0.816. The number of nitrogens with zero attached hydrogens (tertiary/aromatic N) is 1. The molecular formula is C15H31NO4. The van der Waals surface area contributed by atoms with Crippen molar-refractivity contribution in [3.63, 3.8) is 0 Å². The Morgan fingerprint density at radius 2 is 1.65 bits per heavy atom. The second-order valence-corrected chi connectivity index (χ2v) is 5.37. The van der Waals surface area contributed by atoms with Gasteiger partial charge in [0, 0.05) is 19.0 Å². The number of hydrogen-bond acceptors (Lipinski definition) is 4. The highest BCUT2D eigenvalue weighted by Crippen LogP contribution is 2.14. The van der Waals surface area contributed by atoms with Crippen molar-refractivity contribution in [1.82, 2.24) is 0 Å². The van der Waals surface area contributed by atoms with Gasteiger partial charge in [-0.25, -0.2) is 0 Å². The number of ether oxygens (including phenoxy) is 2. The largest absolute Gasteiger partial charge is 0.550 e. The molecule has 0 aliphatic carbocycles. The topological polar surface area (TPSA) is 58.6 Å². The minimum atomic E-state index is -1.08. The van der Waals surface area contributed by atoms with Gasteiger partial charge < -0.3 is 23.9 Å². The molecule has 120 valence electrons. The third kappa shape index (κ3) is 11.2. The molecule has 0 spiro atoms. The van der Waals surface area contributed by atoms with Gasteiger partial charge >= 0.3 is 0 Å². The number of piperidine rings is 1. The second kappa shape index (κ2) is 12.1. The summed E-state index contributed by atoms with van der Waals surface area (Å²) in [6.07, 6.45) is 4.31. The number of quaternary nitrogens is 1. The molecule has 0 saturated carbocycles. The van der Waals surface area contributed by atoms with E-state index in [1.54, 1.807) is 0 Å². The minimum Gasteiger partial charge on any atom is -0.550 e. The zero-order valence-electron chi connectivity index (χ0n) is 13.4. The maximum Gasteiger partial charge on any atom is 0.0784 e. The average molecular weight is 289 g/mol. The molecule has 1 rings (SSSR count). The van der Waals surface area contributed by atoms with Gasteiger partial charge in [0.1, 0.15) is 0 Å². The molecule has 0 aromatic heterocycles. The summed E-state index contributed by atoms with van der Waals surface area (Å²) in [5, 5.41) is 9.87. The van der Waals surface area contributed by atoms with E-state index in [9.17, 15) is 9.90 Å². The van der Waals surface area contributed by atoms with Crippen molar-refractivity contribution in [2.45, 2.75) is 39.5 Å². The standard InChI is InChI=1S/C8H18N.C7H14O4/c1-3-9(2)7-5-4-6-8-9;1-2-10-5-6-11-4-3-7(8)9/h3-8H2,1-2H3;2-6H2,1H3,(H,8,9)/q+1;/p-1. The van der Waals surface area contributed by atoms with Crippen LogP contribution in [0.15, 0.2) is 0 Å². The van der Waals surface area contributed by atoms with Crippen molar-refractivity contribution in [2.75, 3.05) is 53.1 Å². The number of carboxylic acid groups (broad SMARTS) is 1. The van der Waals surface area contributed by atoms with Gasteiger partial charge in [-0.15, -0.1) is 0 Å². The van der Waals surface area contributed by atoms with E-state index in [-0.39, 0.29) is 13.0 Å². The normalized spacial score (nSPS) is 17.1. The zero-order chi connectivity index (χ0) is 15.3. The molecule has 0 atom stereocenters. The fourth-order valence-corrected chi connectivity index (χ4v) is 2.11. The van der Waals surface area contributed by atoms with Crippen LogP contribution in [-0.2, 0) is 14.3 Å². The summed E-state index contributed by atoms with van der Waals surface area (Å²) in [6, 6.07) is 0. The van der Waals surface area contributed by atoms with Crippen LogP contribution >= 0.6 is 0 Å². The van der Waals surface area contributed by atoms with Crippen molar-refractivity contribution in [3.8, 4) is 0 Å². The molecule has 1 fully saturated rings. The number of carbonyl (C=O) groups excluding carboxylic acids is 1. The van der Waals surface area contributed by atoms with Crippen molar-refractivity contribution < 1.29 is 23.9 Å². The summed E-state index contributed by atoms with van der Waals surface area (Å²) >= 11 is 0. The van der Waals surface area contributed by atoms with E-state index in [4.69, 9.17) is 9.47 Å².